The molecular weight excluding hydrogens is 368 g/mol. The molecule has 0 aliphatic carbocycles. The third-order valence-corrected chi connectivity index (χ3v) is 6.41. The van der Waals surface area contributed by atoms with Gasteiger partial charge in [-0.15, -0.1) is 0 Å². The molecular formula is C27H28N2O. The highest BCUT2D eigenvalue weighted by molar-refractivity contribution is 5.47. The van der Waals surface area contributed by atoms with E-state index in [2.05, 4.69) is 35.2 Å². The van der Waals surface area contributed by atoms with Gasteiger partial charge < -0.3 is 10.0 Å². The van der Waals surface area contributed by atoms with Crippen LogP contribution >= 0.6 is 0 Å². The smallest absolute Gasteiger partial charge is 0.115 e. The van der Waals surface area contributed by atoms with Crippen LogP contribution in [0, 0.1) is 17.2 Å². The minimum Gasteiger partial charge on any atom is -0.508 e. The lowest BCUT2D eigenvalue weighted by atomic mass is 9.64. The largest absolute Gasteiger partial charge is 0.508 e. The van der Waals surface area contributed by atoms with Crippen LogP contribution in [0.25, 0.3) is 0 Å². The molecule has 1 saturated heterocycles. The lowest BCUT2D eigenvalue weighted by molar-refractivity contribution is 0.148. The lowest BCUT2D eigenvalue weighted by Crippen LogP contribution is -2.46. The number of hydrogen-bond acceptors (Lipinski definition) is 3. The lowest BCUT2D eigenvalue weighted by Gasteiger charge is -2.42. The summed E-state index contributed by atoms with van der Waals surface area (Å²) in [5.41, 5.74) is 2.76. The van der Waals surface area contributed by atoms with E-state index in [1.807, 2.05) is 48.5 Å². The average molecular weight is 397 g/mol. The van der Waals surface area contributed by atoms with Gasteiger partial charge in [-0.3, -0.25) is 0 Å². The van der Waals surface area contributed by atoms with Crippen molar-refractivity contribution >= 4 is 0 Å². The van der Waals surface area contributed by atoms with E-state index < -0.39 is 5.41 Å². The summed E-state index contributed by atoms with van der Waals surface area (Å²) in [6, 6.07) is 30.8. The molecule has 4 rings (SSSR count). The number of aromatic hydroxyl groups is 1. The van der Waals surface area contributed by atoms with Crippen LogP contribution in [0.4, 0.5) is 0 Å². The van der Waals surface area contributed by atoms with Crippen molar-refractivity contribution in [1.82, 2.24) is 4.90 Å². The van der Waals surface area contributed by atoms with Crippen LogP contribution in [0.15, 0.2) is 84.9 Å². The van der Waals surface area contributed by atoms with Crippen LogP contribution in [-0.2, 0) is 11.8 Å². The topological polar surface area (TPSA) is 47.3 Å². The van der Waals surface area contributed by atoms with Gasteiger partial charge in [0.05, 0.1) is 6.07 Å². The van der Waals surface area contributed by atoms with E-state index in [1.165, 1.54) is 5.56 Å². The first kappa shape index (κ1) is 20.2. The van der Waals surface area contributed by atoms with Crippen LogP contribution in [0.2, 0.25) is 0 Å². The Hall–Kier alpha value is -3.09. The molecule has 0 amide bonds. The number of phenols is 1. The molecule has 1 fully saturated rings. The molecule has 30 heavy (non-hydrogen) atoms. The standard InChI is InChI=1S/C27H28N2O/c28-21-27(23-8-3-1-4-9-23,24-10-5-2-6-11-24)25-12-7-18-29(20-25)19-17-22-13-15-26(30)16-14-22/h1-6,8-11,13-16,25,30H,7,12,17-20H2. The average Bonchev–Trinajstić information content (AvgIpc) is 2.81. The minimum absolute atomic E-state index is 0.237. The van der Waals surface area contributed by atoms with Crippen LogP contribution in [0.3, 0.4) is 0 Å². The molecule has 152 valence electrons. The summed E-state index contributed by atoms with van der Waals surface area (Å²) in [7, 11) is 0. The first-order valence-electron chi connectivity index (χ1n) is 10.7. The van der Waals surface area contributed by atoms with Gasteiger partial charge in [0.2, 0.25) is 0 Å². The van der Waals surface area contributed by atoms with Gasteiger partial charge in [0.15, 0.2) is 0 Å². The fraction of sp³-hybridized carbons (Fsp3) is 0.296. The van der Waals surface area contributed by atoms with Crippen LogP contribution in [0.5, 0.6) is 5.75 Å². The van der Waals surface area contributed by atoms with Gasteiger partial charge >= 0.3 is 0 Å². The fourth-order valence-electron chi connectivity index (χ4n) is 4.82. The Balaban J connectivity index is 1.59. The number of nitriles is 1. The predicted molar refractivity (Wildman–Crippen MR) is 120 cm³/mol. The van der Waals surface area contributed by atoms with Gasteiger partial charge in [0, 0.05) is 13.1 Å². The maximum Gasteiger partial charge on any atom is 0.115 e. The van der Waals surface area contributed by atoms with Crippen molar-refractivity contribution in [3.8, 4) is 11.8 Å². The Bertz CT molecular complexity index is 937. The quantitative estimate of drug-likeness (QED) is 0.626. The predicted octanol–water partition coefficient (Wildman–Crippen LogP) is 5.16. The van der Waals surface area contributed by atoms with Crippen molar-refractivity contribution in [2.75, 3.05) is 19.6 Å². The highest BCUT2D eigenvalue weighted by Crippen LogP contribution is 2.42. The third-order valence-electron chi connectivity index (χ3n) is 6.41. The van der Waals surface area contributed by atoms with Crippen molar-refractivity contribution in [2.45, 2.75) is 24.7 Å². The summed E-state index contributed by atoms with van der Waals surface area (Å²) in [5, 5.41) is 20.1. The Morgan fingerprint density at radius 1 is 0.900 bits per heavy atom. The number of likely N-dealkylation sites (tertiary alicyclic amines) is 1. The minimum atomic E-state index is -0.639. The number of nitrogens with zero attached hydrogens (tertiary/aromatic N) is 2. The maximum absolute atomic E-state index is 10.6. The van der Waals surface area contributed by atoms with Crippen LogP contribution in [-0.4, -0.2) is 29.6 Å². The summed E-state index contributed by atoms with van der Waals surface area (Å²) in [6.07, 6.45) is 3.10. The second kappa shape index (κ2) is 9.15. The Labute approximate surface area is 179 Å². The molecule has 3 nitrogen and oxygen atoms in total. The number of benzene rings is 3. The number of hydrogen-bond donors (Lipinski definition) is 1. The molecule has 3 aromatic carbocycles. The van der Waals surface area contributed by atoms with E-state index in [-0.39, 0.29) is 5.92 Å². The highest BCUT2D eigenvalue weighted by atomic mass is 16.3. The molecule has 0 saturated carbocycles. The molecule has 1 atom stereocenters. The van der Waals surface area contributed by atoms with E-state index in [9.17, 15) is 10.4 Å². The molecule has 1 unspecified atom stereocenters. The zero-order valence-corrected chi connectivity index (χ0v) is 17.2. The van der Waals surface area contributed by atoms with Gasteiger partial charge in [0.25, 0.3) is 0 Å². The summed E-state index contributed by atoms with van der Waals surface area (Å²) in [4.78, 5) is 2.50. The highest BCUT2D eigenvalue weighted by Gasteiger charge is 2.44. The van der Waals surface area contributed by atoms with Gasteiger partial charge in [-0.1, -0.05) is 72.8 Å². The Morgan fingerprint density at radius 2 is 1.50 bits per heavy atom. The monoisotopic (exact) mass is 396 g/mol. The molecule has 1 aliphatic rings. The third kappa shape index (κ3) is 4.10. The Kier molecular flexibility index (Phi) is 6.16. The van der Waals surface area contributed by atoms with Crippen molar-refractivity contribution in [3.63, 3.8) is 0 Å². The zero-order chi connectivity index (χ0) is 20.8. The fourth-order valence-corrected chi connectivity index (χ4v) is 4.82. The van der Waals surface area contributed by atoms with Crippen molar-refractivity contribution < 1.29 is 5.11 Å². The summed E-state index contributed by atoms with van der Waals surface area (Å²) >= 11 is 0. The van der Waals surface area contributed by atoms with Gasteiger partial charge in [-0.2, -0.15) is 5.26 Å². The van der Waals surface area contributed by atoms with Gasteiger partial charge in [0.1, 0.15) is 11.2 Å². The second-order valence-corrected chi connectivity index (χ2v) is 8.21. The number of rotatable bonds is 6. The van der Waals surface area contributed by atoms with Crippen molar-refractivity contribution in [3.05, 3.63) is 102 Å². The molecule has 3 aromatic rings. The zero-order valence-electron chi connectivity index (χ0n) is 17.2. The summed E-state index contributed by atoms with van der Waals surface area (Å²) in [5.74, 6) is 0.544. The Morgan fingerprint density at radius 3 is 2.07 bits per heavy atom. The first-order valence-corrected chi connectivity index (χ1v) is 10.7. The first-order chi connectivity index (χ1) is 14.7. The normalized spacial score (nSPS) is 17.4. The summed E-state index contributed by atoms with van der Waals surface area (Å²) < 4.78 is 0. The molecule has 0 spiro atoms. The summed E-state index contributed by atoms with van der Waals surface area (Å²) in [6.45, 7) is 2.95. The van der Waals surface area contributed by atoms with Crippen LogP contribution in [0.1, 0.15) is 29.5 Å². The SMILES string of the molecule is N#CC(c1ccccc1)(c1ccccc1)C1CCCN(CCc2ccc(O)cc2)C1. The molecule has 0 bridgehead atoms. The maximum atomic E-state index is 10.6. The van der Waals surface area contributed by atoms with E-state index in [0.717, 1.165) is 50.0 Å². The molecule has 0 radical (unpaired) electrons. The van der Waals surface area contributed by atoms with Crippen LogP contribution < -0.4 is 0 Å². The number of piperidine rings is 1. The van der Waals surface area contributed by atoms with Crippen molar-refractivity contribution in [1.29, 1.82) is 5.26 Å². The molecule has 3 heteroatoms. The van der Waals surface area contributed by atoms with Crippen molar-refractivity contribution in [2.24, 2.45) is 5.92 Å². The number of phenolic OH excluding ortho intramolecular Hbond substituents is 1. The molecule has 1 heterocycles. The second-order valence-electron chi connectivity index (χ2n) is 8.21. The van der Waals surface area contributed by atoms with Gasteiger partial charge in [-0.25, -0.2) is 0 Å². The van der Waals surface area contributed by atoms with E-state index in [4.69, 9.17) is 0 Å². The van der Waals surface area contributed by atoms with E-state index in [0.29, 0.717) is 5.75 Å². The molecule has 0 aromatic heterocycles. The molecule has 1 aliphatic heterocycles. The van der Waals surface area contributed by atoms with E-state index in [1.54, 1.807) is 12.1 Å². The van der Waals surface area contributed by atoms with E-state index >= 15 is 0 Å². The van der Waals surface area contributed by atoms with Gasteiger partial charge in [-0.05, 0) is 60.5 Å². The molecule has 1 N–H and O–H groups in total.